The van der Waals surface area contributed by atoms with E-state index in [2.05, 4.69) is 6.92 Å². The molecule has 1 saturated carbocycles. The summed E-state index contributed by atoms with van der Waals surface area (Å²) < 4.78 is 0. The molecule has 59 valence electrons. The lowest BCUT2D eigenvalue weighted by Gasteiger charge is -2.31. The summed E-state index contributed by atoms with van der Waals surface area (Å²) in [6, 6.07) is 0. The predicted octanol–water partition coefficient (Wildman–Crippen LogP) is 2.30. The van der Waals surface area contributed by atoms with Gasteiger partial charge in [0.15, 0.2) is 0 Å². The molecule has 0 bridgehead atoms. The minimum atomic E-state index is -0.333. The van der Waals surface area contributed by atoms with Crippen molar-refractivity contribution in [1.82, 2.24) is 0 Å². The quantitative estimate of drug-likeness (QED) is 0.625. The van der Waals surface area contributed by atoms with Gasteiger partial charge in [0.1, 0.15) is 0 Å². The standard InChI is InChI=1S/C9H17O/c1-2-6-9(10)7-4-3-5-8-9/h10H,1-8H2. The van der Waals surface area contributed by atoms with Gasteiger partial charge in [-0.25, -0.2) is 0 Å². The first kappa shape index (κ1) is 8.06. The average Bonchev–Trinajstić information content (AvgIpc) is 1.89. The lowest BCUT2D eigenvalue weighted by atomic mass is 9.82. The molecule has 0 saturated heterocycles. The predicted molar refractivity (Wildman–Crippen MR) is 42.6 cm³/mol. The van der Waals surface area contributed by atoms with Crippen LogP contribution in [-0.4, -0.2) is 10.7 Å². The second-order valence-electron chi connectivity index (χ2n) is 3.39. The summed E-state index contributed by atoms with van der Waals surface area (Å²) in [5.41, 5.74) is -0.333. The van der Waals surface area contributed by atoms with E-state index in [1.807, 2.05) is 0 Å². The molecule has 0 atom stereocenters. The van der Waals surface area contributed by atoms with Crippen LogP contribution in [0.25, 0.3) is 0 Å². The maximum absolute atomic E-state index is 9.83. The van der Waals surface area contributed by atoms with Gasteiger partial charge in [0.25, 0.3) is 0 Å². The highest BCUT2D eigenvalue weighted by atomic mass is 16.3. The van der Waals surface area contributed by atoms with E-state index in [1.54, 1.807) is 0 Å². The molecule has 1 heteroatoms. The van der Waals surface area contributed by atoms with E-state index in [1.165, 1.54) is 19.3 Å². The molecule has 10 heavy (non-hydrogen) atoms. The Labute approximate surface area is 63.4 Å². The van der Waals surface area contributed by atoms with Crippen LogP contribution >= 0.6 is 0 Å². The fourth-order valence-corrected chi connectivity index (χ4v) is 1.79. The van der Waals surface area contributed by atoms with Crippen molar-refractivity contribution in [2.45, 2.75) is 50.5 Å². The number of hydrogen-bond donors (Lipinski definition) is 1. The Morgan fingerprint density at radius 1 is 1.20 bits per heavy atom. The van der Waals surface area contributed by atoms with Gasteiger partial charge in [0, 0.05) is 0 Å². The van der Waals surface area contributed by atoms with Crippen LogP contribution in [0.15, 0.2) is 0 Å². The first-order chi connectivity index (χ1) is 4.77. The maximum Gasteiger partial charge on any atom is 0.0647 e. The zero-order valence-electron chi connectivity index (χ0n) is 6.60. The largest absolute Gasteiger partial charge is 0.390 e. The molecule has 1 aliphatic rings. The van der Waals surface area contributed by atoms with Gasteiger partial charge in [-0.15, -0.1) is 0 Å². The van der Waals surface area contributed by atoms with Crippen molar-refractivity contribution in [2.24, 2.45) is 0 Å². The molecular formula is C9H17O. The van der Waals surface area contributed by atoms with Crippen molar-refractivity contribution in [3.8, 4) is 0 Å². The molecule has 0 aromatic heterocycles. The fourth-order valence-electron chi connectivity index (χ4n) is 1.79. The van der Waals surface area contributed by atoms with Crippen LogP contribution in [0, 0.1) is 6.92 Å². The zero-order chi connectivity index (χ0) is 7.45. The van der Waals surface area contributed by atoms with Crippen LogP contribution in [0.4, 0.5) is 0 Å². The van der Waals surface area contributed by atoms with Gasteiger partial charge in [-0.3, -0.25) is 0 Å². The van der Waals surface area contributed by atoms with Crippen LogP contribution < -0.4 is 0 Å². The molecule has 1 radical (unpaired) electrons. The SMILES string of the molecule is [CH2]CCC1(O)CCCCC1. The van der Waals surface area contributed by atoms with Gasteiger partial charge in [-0.2, -0.15) is 0 Å². The molecule has 0 aliphatic heterocycles. The van der Waals surface area contributed by atoms with E-state index in [0.717, 1.165) is 25.7 Å². The Morgan fingerprint density at radius 3 is 2.30 bits per heavy atom. The molecule has 0 heterocycles. The van der Waals surface area contributed by atoms with Gasteiger partial charge in [0.2, 0.25) is 0 Å². The van der Waals surface area contributed by atoms with Crippen molar-refractivity contribution in [2.75, 3.05) is 0 Å². The molecule has 1 nitrogen and oxygen atoms in total. The molecule has 0 spiro atoms. The Kier molecular flexibility index (Phi) is 2.72. The molecule has 0 amide bonds. The first-order valence-electron chi connectivity index (χ1n) is 4.28. The van der Waals surface area contributed by atoms with E-state index >= 15 is 0 Å². The van der Waals surface area contributed by atoms with E-state index in [4.69, 9.17) is 0 Å². The third-order valence-electron chi connectivity index (χ3n) is 2.43. The van der Waals surface area contributed by atoms with Gasteiger partial charge in [0.05, 0.1) is 5.60 Å². The molecule has 1 N–H and O–H groups in total. The first-order valence-corrected chi connectivity index (χ1v) is 4.28. The topological polar surface area (TPSA) is 20.2 Å². The lowest BCUT2D eigenvalue weighted by Crippen LogP contribution is -2.30. The van der Waals surface area contributed by atoms with Gasteiger partial charge in [-0.05, 0) is 19.3 Å². The number of hydrogen-bond acceptors (Lipinski definition) is 1. The minimum Gasteiger partial charge on any atom is -0.390 e. The monoisotopic (exact) mass is 141 g/mol. The van der Waals surface area contributed by atoms with Crippen LogP contribution in [-0.2, 0) is 0 Å². The smallest absolute Gasteiger partial charge is 0.0647 e. The Balaban J connectivity index is 2.32. The number of aliphatic hydroxyl groups is 1. The lowest BCUT2D eigenvalue weighted by molar-refractivity contribution is -0.00296. The molecule has 1 fully saturated rings. The summed E-state index contributed by atoms with van der Waals surface area (Å²) in [5, 5.41) is 9.83. The highest BCUT2D eigenvalue weighted by Gasteiger charge is 2.27. The van der Waals surface area contributed by atoms with Gasteiger partial charge in [-0.1, -0.05) is 32.6 Å². The van der Waals surface area contributed by atoms with Crippen molar-refractivity contribution in [3.63, 3.8) is 0 Å². The Morgan fingerprint density at radius 2 is 1.80 bits per heavy atom. The van der Waals surface area contributed by atoms with Crippen LogP contribution in [0.1, 0.15) is 44.9 Å². The molecule has 1 aliphatic carbocycles. The van der Waals surface area contributed by atoms with E-state index in [9.17, 15) is 5.11 Å². The van der Waals surface area contributed by atoms with Crippen molar-refractivity contribution < 1.29 is 5.11 Å². The van der Waals surface area contributed by atoms with Crippen LogP contribution in [0.2, 0.25) is 0 Å². The van der Waals surface area contributed by atoms with E-state index in [-0.39, 0.29) is 5.60 Å². The second-order valence-corrected chi connectivity index (χ2v) is 3.39. The molecule has 0 aromatic carbocycles. The van der Waals surface area contributed by atoms with Crippen LogP contribution in [0.5, 0.6) is 0 Å². The zero-order valence-corrected chi connectivity index (χ0v) is 6.60. The van der Waals surface area contributed by atoms with E-state index < -0.39 is 0 Å². The van der Waals surface area contributed by atoms with Crippen molar-refractivity contribution in [1.29, 1.82) is 0 Å². The van der Waals surface area contributed by atoms with Crippen LogP contribution in [0.3, 0.4) is 0 Å². The Hall–Kier alpha value is -0.0400. The van der Waals surface area contributed by atoms with Gasteiger partial charge >= 0.3 is 0 Å². The maximum atomic E-state index is 9.83. The second kappa shape index (κ2) is 3.38. The molecule has 1 rings (SSSR count). The summed E-state index contributed by atoms with van der Waals surface area (Å²) in [7, 11) is 0. The third kappa shape index (κ3) is 1.98. The summed E-state index contributed by atoms with van der Waals surface area (Å²) in [4.78, 5) is 0. The number of rotatable bonds is 2. The molecule has 0 unspecified atom stereocenters. The summed E-state index contributed by atoms with van der Waals surface area (Å²) in [6.45, 7) is 3.76. The molecular weight excluding hydrogens is 124 g/mol. The highest BCUT2D eigenvalue weighted by Crippen LogP contribution is 2.31. The summed E-state index contributed by atoms with van der Waals surface area (Å²) in [5.74, 6) is 0. The van der Waals surface area contributed by atoms with Gasteiger partial charge < -0.3 is 5.11 Å². The average molecular weight is 141 g/mol. The Bertz CT molecular complexity index is 87.4. The molecule has 0 aromatic rings. The minimum absolute atomic E-state index is 0.333. The van der Waals surface area contributed by atoms with E-state index in [0.29, 0.717) is 0 Å². The van der Waals surface area contributed by atoms with Crippen molar-refractivity contribution in [3.05, 3.63) is 6.92 Å². The normalized spacial score (nSPS) is 24.6. The third-order valence-corrected chi connectivity index (χ3v) is 2.43. The summed E-state index contributed by atoms with van der Waals surface area (Å²) >= 11 is 0. The fraction of sp³-hybridized carbons (Fsp3) is 0.889. The summed E-state index contributed by atoms with van der Waals surface area (Å²) in [6.07, 6.45) is 7.49. The van der Waals surface area contributed by atoms with Crippen molar-refractivity contribution >= 4 is 0 Å². The highest BCUT2D eigenvalue weighted by molar-refractivity contribution is 4.81.